The van der Waals surface area contributed by atoms with Crippen LogP contribution in [0.4, 0.5) is 0 Å². The number of aliphatic hydroxyl groups is 2. The number of phenolic OH excluding ortho intramolecular Hbond substituents is 2. The Bertz CT molecular complexity index is 1390. The first-order valence-corrected chi connectivity index (χ1v) is 12.8. The minimum Gasteiger partial charge on any atom is -0.507 e. The number of aromatic hydroxyl groups is 2. The lowest BCUT2D eigenvalue weighted by molar-refractivity contribution is -0.122. The van der Waals surface area contributed by atoms with Crippen LogP contribution in [-0.4, -0.2) is 80.0 Å². The van der Waals surface area contributed by atoms with Gasteiger partial charge in [0.15, 0.2) is 5.78 Å². The Labute approximate surface area is 224 Å². The fourth-order valence-corrected chi connectivity index (χ4v) is 6.38. The van der Waals surface area contributed by atoms with Crippen molar-refractivity contribution in [2.45, 2.75) is 75.4 Å². The van der Waals surface area contributed by atoms with Crippen LogP contribution < -0.4 is 10.5 Å². The van der Waals surface area contributed by atoms with Crippen molar-refractivity contribution in [2.75, 3.05) is 7.11 Å². The summed E-state index contributed by atoms with van der Waals surface area (Å²) in [5.74, 6) is -2.88. The van der Waals surface area contributed by atoms with Gasteiger partial charge in [-0.1, -0.05) is 17.3 Å². The number of hydrogen-bond acceptors (Lipinski definition) is 11. The Morgan fingerprint density at radius 1 is 1.18 bits per heavy atom. The highest BCUT2D eigenvalue weighted by Gasteiger charge is 2.48. The predicted molar refractivity (Wildman–Crippen MR) is 138 cm³/mol. The maximum absolute atomic E-state index is 13.7. The highest BCUT2D eigenvalue weighted by Crippen LogP contribution is 2.53. The smallest absolute Gasteiger partial charge is 0.202 e. The summed E-state index contributed by atoms with van der Waals surface area (Å²) in [6.45, 7) is 3.12. The first-order chi connectivity index (χ1) is 18.4. The summed E-state index contributed by atoms with van der Waals surface area (Å²) in [6, 6.07) is 3.96. The molecule has 0 aromatic heterocycles. The minimum absolute atomic E-state index is 0.0105. The van der Waals surface area contributed by atoms with E-state index < -0.39 is 58.9 Å². The van der Waals surface area contributed by atoms with E-state index in [2.05, 4.69) is 5.16 Å². The third-order valence-corrected chi connectivity index (χ3v) is 8.46. The van der Waals surface area contributed by atoms with Gasteiger partial charge in [-0.05, 0) is 45.1 Å². The first-order valence-electron chi connectivity index (χ1n) is 12.8. The molecule has 1 heterocycles. The molecule has 208 valence electrons. The number of phenols is 2. The highest BCUT2D eigenvalue weighted by molar-refractivity contribution is 6.31. The molecule has 0 amide bonds. The number of nitrogens with two attached hydrogens (primary N) is 1. The van der Waals surface area contributed by atoms with Gasteiger partial charge in [-0.2, -0.15) is 0 Å². The van der Waals surface area contributed by atoms with Crippen molar-refractivity contribution in [1.82, 2.24) is 0 Å². The Morgan fingerprint density at radius 3 is 2.51 bits per heavy atom. The van der Waals surface area contributed by atoms with Crippen molar-refractivity contribution in [3.63, 3.8) is 0 Å². The van der Waals surface area contributed by atoms with Gasteiger partial charge in [-0.15, -0.1) is 0 Å². The minimum atomic E-state index is -1.73. The van der Waals surface area contributed by atoms with E-state index in [1.165, 1.54) is 26.2 Å². The van der Waals surface area contributed by atoms with Crippen LogP contribution in [0.1, 0.15) is 82.0 Å². The second-order valence-electron chi connectivity index (χ2n) is 10.8. The van der Waals surface area contributed by atoms with Gasteiger partial charge in [0.25, 0.3) is 0 Å². The van der Waals surface area contributed by atoms with Gasteiger partial charge >= 0.3 is 0 Å². The monoisotopic (exact) mass is 540 g/mol. The normalized spacial score (nSPS) is 30.4. The summed E-state index contributed by atoms with van der Waals surface area (Å²) in [6.07, 6.45) is -1.71. The van der Waals surface area contributed by atoms with E-state index >= 15 is 0 Å². The van der Waals surface area contributed by atoms with Gasteiger partial charge in [0.1, 0.15) is 22.8 Å². The molecular formula is C28H32N2O9. The number of aliphatic hydroxyl groups excluding tert-OH is 1. The van der Waals surface area contributed by atoms with Gasteiger partial charge in [-0.3, -0.25) is 9.59 Å². The largest absolute Gasteiger partial charge is 0.507 e. The standard InChI is InChI=1S/C28H32N2O9/c1-11-23(31)17(29)8-14(39-11)7-13-9-28(36,12(2)30-37)10-16-19(13)26(34)22-21(25(16)33)24(32)15-5-4-6-18(38-3)20(15)27(22)35/h4-6,11,13-14,17,23,31,33-34,36-37H,7-10,29H2,1-3H3/b30-12+. The molecule has 2 aromatic carbocycles. The summed E-state index contributed by atoms with van der Waals surface area (Å²) >= 11 is 0. The second-order valence-corrected chi connectivity index (χ2v) is 10.8. The van der Waals surface area contributed by atoms with Crippen molar-refractivity contribution < 1.29 is 44.7 Å². The van der Waals surface area contributed by atoms with E-state index in [4.69, 9.17) is 15.2 Å². The quantitative estimate of drug-likeness (QED) is 0.123. The van der Waals surface area contributed by atoms with Gasteiger partial charge in [0.05, 0.1) is 47.8 Å². The topological polar surface area (TPSA) is 192 Å². The molecule has 2 aromatic rings. The van der Waals surface area contributed by atoms with Crippen LogP contribution in [0.5, 0.6) is 17.2 Å². The Hall–Kier alpha value is -3.51. The van der Waals surface area contributed by atoms with Crippen LogP contribution in [0.15, 0.2) is 23.4 Å². The first kappa shape index (κ1) is 27.1. The zero-order valence-electron chi connectivity index (χ0n) is 21.8. The van der Waals surface area contributed by atoms with E-state index in [1.54, 1.807) is 13.0 Å². The van der Waals surface area contributed by atoms with E-state index in [-0.39, 0.29) is 64.1 Å². The predicted octanol–water partition coefficient (Wildman–Crippen LogP) is 1.75. The van der Waals surface area contributed by atoms with Crippen molar-refractivity contribution in [2.24, 2.45) is 10.9 Å². The van der Waals surface area contributed by atoms with Crippen molar-refractivity contribution in [1.29, 1.82) is 0 Å². The van der Waals surface area contributed by atoms with Gasteiger partial charge in [-0.25, -0.2) is 0 Å². The maximum Gasteiger partial charge on any atom is 0.202 e. The Balaban J connectivity index is 1.69. The van der Waals surface area contributed by atoms with Crippen LogP contribution in [0.2, 0.25) is 0 Å². The number of hydrogen-bond donors (Lipinski definition) is 6. The summed E-state index contributed by atoms with van der Waals surface area (Å²) in [5, 5.41) is 57.5. The average molecular weight is 541 g/mol. The lowest BCUT2D eigenvalue weighted by Crippen LogP contribution is -2.52. The van der Waals surface area contributed by atoms with Crippen LogP contribution in [0, 0.1) is 0 Å². The Morgan fingerprint density at radius 2 is 1.87 bits per heavy atom. The molecule has 6 atom stereocenters. The zero-order chi connectivity index (χ0) is 28.4. The van der Waals surface area contributed by atoms with Crippen molar-refractivity contribution in [3.05, 3.63) is 51.6 Å². The number of methoxy groups -OCH3 is 1. The van der Waals surface area contributed by atoms with E-state index in [0.717, 1.165) is 0 Å². The molecule has 0 radical (unpaired) electrons. The van der Waals surface area contributed by atoms with E-state index in [0.29, 0.717) is 6.42 Å². The average Bonchev–Trinajstić information content (AvgIpc) is 2.90. The molecule has 1 fully saturated rings. The molecule has 0 saturated carbocycles. The fourth-order valence-electron chi connectivity index (χ4n) is 6.38. The van der Waals surface area contributed by atoms with Gasteiger partial charge in [0, 0.05) is 29.2 Å². The third kappa shape index (κ3) is 4.08. The molecule has 7 N–H and O–H groups in total. The molecule has 5 rings (SSSR count). The number of carbonyl (C=O) groups is 2. The molecule has 1 saturated heterocycles. The lowest BCUT2D eigenvalue weighted by Gasteiger charge is -2.42. The van der Waals surface area contributed by atoms with Crippen LogP contribution in [0.3, 0.4) is 0 Å². The summed E-state index contributed by atoms with van der Waals surface area (Å²) in [5.41, 5.74) is 3.98. The molecule has 39 heavy (non-hydrogen) atoms. The van der Waals surface area contributed by atoms with Gasteiger partial charge < -0.3 is 40.8 Å². The number of ether oxygens (including phenoxy) is 2. The van der Waals surface area contributed by atoms with Gasteiger partial charge in [0.2, 0.25) is 5.78 Å². The maximum atomic E-state index is 13.7. The summed E-state index contributed by atoms with van der Waals surface area (Å²) < 4.78 is 11.3. The van der Waals surface area contributed by atoms with Crippen LogP contribution >= 0.6 is 0 Å². The zero-order valence-corrected chi connectivity index (χ0v) is 21.8. The van der Waals surface area contributed by atoms with Crippen LogP contribution in [0.25, 0.3) is 0 Å². The second kappa shape index (κ2) is 9.60. The summed E-state index contributed by atoms with van der Waals surface area (Å²) in [7, 11) is 1.36. The number of fused-ring (bicyclic) bond motifs is 3. The van der Waals surface area contributed by atoms with Crippen molar-refractivity contribution >= 4 is 17.3 Å². The Kier molecular flexibility index (Phi) is 6.66. The number of oxime groups is 1. The molecule has 2 aliphatic carbocycles. The SMILES string of the molecule is COc1cccc2c1C(=O)c1c(O)c3c(c(O)c1C2=O)CC(O)(/C(C)=N/O)CC3CC1CC(N)C(O)C(C)O1. The molecule has 1 aliphatic heterocycles. The lowest BCUT2D eigenvalue weighted by atomic mass is 9.67. The van der Waals surface area contributed by atoms with Crippen LogP contribution in [-0.2, 0) is 11.2 Å². The molecule has 3 aliphatic rings. The molecule has 0 spiro atoms. The highest BCUT2D eigenvalue weighted by atomic mass is 16.5. The number of benzene rings is 2. The van der Waals surface area contributed by atoms with Crippen molar-refractivity contribution in [3.8, 4) is 17.2 Å². The molecule has 0 bridgehead atoms. The molecular weight excluding hydrogens is 508 g/mol. The molecule has 11 nitrogen and oxygen atoms in total. The fraction of sp³-hybridized carbons (Fsp3) is 0.464. The molecule has 6 unspecified atom stereocenters. The number of ketones is 2. The molecule has 11 heteroatoms. The number of rotatable bonds is 4. The van der Waals surface area contributed by atoms with E-state index in [1.807, 2.05) is 0 Å². The third-order valence-electron chi connectivity index (χ3n) is 8.46. The van der Waals surface area contributed by atoms with E-state index in [9.17, 15) is 35.2 Å². The number of carbonyl (C=O) groups excluding carboxylic acids is 2. The number of nitrogens with zero attached hydrogens (tertiary/aromatic N) is 1. The summed E-state index contributed by atoms with van der Waals surface area (Å²) in [4.78, 5) is 27.3.